The van der Waals surface area contributed by atoms with Gasteiger partial charge in [-0.05, 0) is 34.6 Å². The van der Waals surface area contributed by atoms with E-state index in [9.17, 15) is 24.3 Å². The van der Waals surface area contributed by atoms with E-state index in [1.165, 1.54) is 0 Å². The normalized spacial score (nSPS) is 18.7. The van der Waals surface area contributed by atoms with Crippen LogP contribution >= 0.6 is 0 Å². The van der Waals surface area contributed by atoms with Crippen molar-refractivity contribution in [3.8, 4) is 11.1 Å². The Balaban J connectivity index is 1.24. The van der Waals surface area contributed by atoms with Crippen LogP contribution in [0.1, 0.15) is 29.9 Å². The maximum Gasteiger partial charge on any atom is 0.407 e. The molecule has 9 nitrogen and oxygen atoms in total. The van der Waals surface area contributed by atoms with Crippen LogP contribution in [0, 0.1) is 11.8 Å². The summed E-state index contributed by atoms with van der Waals surface area (Å²) in [5, 5.41) is 14.2. The number of hydrogen-bond acceptors (Lipinski definition) is 6. The number of rotatable bonds is 9. The quantitative estimate of drug-likeness (QED) is 0.483. The Morgan fingerprint density at radius 1 is 1.03 bits per heavy atom. The average Bonchev–Trinajstić information content (AvgIpc) is 3.56. The summed E-state index contributed by atoms with van der Waals surface area (Å²) < 4.78 is 9.94. The topological polar surface area (TPSA) is 131 Å². The molecule has 9 heteroatoms. The highest BCUT2D eigenvalue weighted by molar-refractivity contribution is 5.89. The number of nitrogens with one attached hydrogen (secondary N) is 2. The lowest BCUT2D eigenvalue weighted by atomic mass is 9.98. The second-order valence-electron chi connectivity index (χ2n) is 8.49. The maximum atomic E-state index is 12.3. The first-order valence-electron chi connectivity index (χ1n) is 11.1. The van der Waals surface area contributed by atoms with Crippen LogP contribution in [0.5, 0.6) is 0 Å². The Bertz CT molecular complexity index is 1070. The van der Waals surface area contributed by atoms with Crippen molar-refractivity contribution in [2.45, 2.75) is 24.8 Å². The lowest BCUT2D eigenvalue weighted by molar-refractivity contribution is -0.148. The molecule has 4 rings (SSSR count). The molecule has 3 N–H and O–H groups in total. The van der Waals surface area contributed by atoms with Gasteiger partial charge in [-0.15, -0.1) is 0 Å². The summed E-state index contributed by atoms with van der Waals surface area (Å²) in [4.78, 5) is 47.2. The molecule has 2 aromatic carbocycles. The van der Waals surface area contributed by atoms with Crippen LogP contribution < -0.4 is 10.6 Å². The molecule has 0 radical (unpaired) electrons. The smallest absolute Gasteiger partial charge is 0.407 e. The molecule has 2 aliphatic carbocycles. The van der Waals surface area contributed by atoms with Gasteiger partial charge in [-0.3, -0.25) is 9.59 Å². The molecule has 0 aliphatic heterocycles. The van der Waals surface area contributed by atoms with Crippen LogP contribution in [0.15, 0.2) is 48.5 Å². The molecule has 2 unspecified atom stereocenters. The van der Waals surface area contributed by atoms with Gasteiger partial charge in [-0.2, -0.15) is 0 Å². The van der Waals surface area contributed by atoms with Crippen LogP contribution in [0.4, 0.5) is 4.79 Å². The van der Waals surface area contributed by atoms with Gasteiger partial charge in [-0.1, -0.05) is 48.5 Å². The zero-order chi connectivity index (χ0) is 24.2. The summed E-state index contributed by atoms with van der Waals surface area (Å²) in [6.07, 6.45) is -0.505. The van der Waals surface area contributed by atoms with Gasteiger partial charge in [-0.25, -0.2) is 9.59 Å². The lowest BCUT2D eigenvalue weighted by Gasteiger charge is -2.15. The minimum absolute atomic E-state index is 0.0413. The first-order valence-corrected chi connectivity index (χ1v) is 11.1. The first-order chi connectivity index (χ1) is 16.4. The van der Waals surface area contributed by atoms with Gasteiger partial charge in [0, 0.05) is 18.4 Å². The SMILES string of the molecule is COC(=O)C[C@@H](NC(=O)C1CC1CNC(=O)OCC1c2ccccc2-c2ccccc21)C(=O)O. The Morgan fingerprint density at radius 2 is 1.65 bits per heavy atom. The van der Waals surface area contributed by atoms with E-state index in [1.807, 2.05) is 36.4 Å². The molecule has 1 saturated carbocycles. The number of fused-ring (bicyclic) bond motifs is 3. The van der Waals surface area contributed by atoms with E-state index in [-0.39, 0.29) is 25.0 Å². The number of alkyl carbamates (subject to hydrolysis) is 1. The summed E-state index contributed by atoms with van der Waals surface area (Å²) in [5.41, 5.74) is 4.53. The van der Waals surface area contributed by atoms with Gasteiger partial charge in [0.05, 0.1) is 13.5 Å². The number of esters is 1. The Hall–Kier alpha value is -3.88. The molecular weight excluding hydrogens is 440 g/mol. The number of hydrogen-bond donors (Lipinski definition) is 3. The van der Waals surface area contributed by atoms with E-state index in [0.717, 1.165) is 29.4 Å². The van der Waals surface area contributed by atoms with Crippen molar-refractivity contribution in [1.82, 2.24) is 10.6 Å². The fourth-order valence-electron chi connectivity index (χ4n) is 4.39. The number of aliphatic carboxylic acids is 1. The van der Waals surface area contributed by atoms with Gasteiger partial charge < -0.3 is 25.2 Å². The first kappa shape index (κ1) is 23.3. The number of benzene rings is 2. The van der Waals surface area contributed by atoms with Crippen LogP contribution in [-0.4, -0.2) is 55.3 Å². The number of ether oxygens (including phenoxy) is 2. The highest BCUT2D eigenvalue weighted by atomic mass is 16.5. The van der Waals surface area contributed by atoms with E-state index >= 15 is 0 Å². The third-order valence-corrected chi connectivity index (χ3v) is 6.32. The number of carbonyl (C=O) groups is 4. The zero-order valence-electron chi connectivity index (χ0n) is 18.7. The number of carbonyl (C=O) groups excluding carboxylic acids is 3. The summed E-state index contributed by atoms with van der Waals surface area (Å²) in [6, 6.07) is 14.8. The molecule has 2 aromatic rings. The molecule has 0 saturated heterocycles. The van der Waals surface area contributed by atoms with Crippen molar-refractivity contribution in [1.29, 1.82) is 0 Å². The summed E-state index contributed by atoms with van der Waals surface area (Å²) in [5.74, 6) is -3.08. The lowest BCUT2D eigenvalue weighted by Crippen LogP contribution is -2.43. The van der Waals surface area contributed by atoms with E-state index in [0.29, 0.717) is 6.42 Å². The minimum atomic E-state index is -1.35. The Kier molecular flexibility index (Phi) is 6.81. The number of carboxylic acid groups (broad SMARTS) is 1. The third kappa shape index (κ3) is 5.03. The molecule has 0 heterocycles. The van der Waals surface area contributed by atoms with Crippen molar-refractivity contribution in [3.63, 3.8) is 0 Å². The average molecular weight is 466 g/mol. The molecule has 1 fully saturated rings. The summed E-state index contributed by atoms with van der Waals surface area (Å²) in [7, 11) is 1.15. The number of methoxy groups -OCH3 is 1. The Morgan fingerprint density at radius 3 is 2.24 bits per heavy atom. The standard InChI is InChI=1S/C25H26N2O7/c1-33-22(28)11-21(24(30)31)27-23(29)19-10-14(19)12-26-25(32)34-13-20-17-8-4-2-6-15(17)16-7-3-5-9-18(16)20/h2-9,14,19-21H,10-13H2,1H3,(H,26,32)(H,27,29)(H,30,31)/t14?,19?,21-/m1/s1. The van der Waals surface area contributed by atoms with Crippen molar-refractivity contribution >= 4 is 23.9 Å². The van der Waals surface area contributed by atoms with Crippen LogP contribution in [0.25, 0.3) is 11.1 Å². The van der Waals surface area contributed by atoms with Gasteiger partial charge in [0.25, 0.3) is 0 Å². The van der Waals surface area contributed by atoms with Crippen molar-refractivity contribution in [2.75, 3.05) is 20.3 Å². The molecule has 34 heavy (non-hydrogen) atoms. The van der Waals surface area contributed by atoms with Gasteiger partial charge in [0.2, 0.25) is 5.91 Å². The summed E-state index contributed by atoms with van der Waals surface area (Å²) in [6.45, 7) is 0.436. The second-order valence-corrected chi connectivity index (χ2v) is 8.49. The van der Waals surface area contributed by atoms with Crippen molar-refractivity contribution in [2.24, 2.45) is 11.8 Å². The maximum absolute atomic E-state index is 12.3. The van der Waals surface area contributed by atoms with E-state index in [1.54, 1.807) is 0 Å². The predicted molar refractivity (Wildman–Crippen MR) is 121 cm³/mol. The van der Waals surface area contributed by atoms with Gasteiger partial charge in [0.15, 0.2) is 0 Å². The Labute approximate surface area is 196 Å². The minimum Gasteiger partial charge on any atom is -0.480 e. The van der Waals surface area contributed by atoms with Gasteiger partial charge in [0.1, 0.15) is 12.6 Å². The fourth-order valence-corrected chi connectivity index (χ4v) is 4.39. The highest BCUT2D eigenvalue weighted by Crippen LogP contribution is 2.44. The third-order valence-electron chi connectivity index (χ3n) is 6.32. The van der Waals surface area contributed by atoms with Crippen molar-refractivity contribution < 1.29 is 33.8 Å². The second kappa shape index (κ2) is 9.94. The molecule has 0 aromatic heterocycles. The largest absolute Gasteiger partial charge is 0.480 e. The highest BCUT2D eigenvalue weighted by Gasteiger charge is 2.44. The molecule has 0 bridgehead atoms. The van der Waals surface area contributed by atoms with Crippen LogP contribution in [-0.2, 0) is 23.9 Å². The number of amides is 2. The molecule has 2 aliphatic rings. The van der Waals surface area contributed by atoms with Crippen LogP contribution in [0.3, 0.4) is 0 Å². The van der Waals surface area contributed by atoms with Crippen LogP contribution in [0.2, 0.25) is 0 Å². The van der Waals surface area contributed by atoms with Crippen molar-refractivity contribution in [3.05, 3.63) is 59.7 Å². The fraction of sp³-hybridized carbons (Fsp3) is 0.360. The predicted octanol–water partition coefficient (Wildman–Crippen LogP) is 2.29. The molecule has 0 spiro atoms. The zero-order valence-corrected chi connectivity index (χ0v) is 18.7. The molecular formula is C25H26N2O7. The molecule has 2 amide bonds. The van der Waals surface area contributed by atoms with Gasteiger partial charge >= 0.3 is 18.0 Å². The van der Waals surface area contributed by atoms with E-state index in [2.05, 4.69) is 27.5 Å². The van der Waals surface area contributed by atoms with E-state index < -0.39 is 42.3 Å². The van der Waals surface area contributed by atoms with E-state index in [4.69, 9.17) is 4.74 Å². The summed E-state index contributed by atoms with van der Waals surface area (Å²) >= 11 is 0. The number of carboxylic acids is 1. The molecule has 3 atom stereocenters. The molecule has 178 valence electrons. The monoisotopic (exact) mass is 466 g/mol.